The van der Waals surface area contributed by atoms with Crippen molar-refractivity contribution < 1.29 is 5.11 Å². The van der Waals surface area contributed by atoms with E-state index in [-0.39, 0.29) is 0 Å². The summed E-state index contributed by atoms with van der Waals surface area (Å²) in [7, 11) is 0. The minimum absolute atomic E-state index is 0.414. The Bertz CT molecular complexity index is 766. The Kier molecular flexibility index (Phi) is 3.39. The molecule has 2 unspecified atom stereocenters. The Labute approximate surface area is 129 Å². The quantitative estimate of drug-likeness (QED) is 0.638. The molecule has 0 aromatic heterocycles. The number of anilines is 2. The van der Waals surface area contributed by atoms with E-state index in [0.29, 0.717) is 22.6 Å². The predicted octanol–water partition coefficient (Wildman–Crippen LogP) is 2.23. The van der Waals surface area contributed by atoms with Gasteiger partial charge in [-0.1, -0.05) is 30.3 Å². The van der Waals surface area contributed by atoms with Crippen LogP contribution in [0.4, 0.5) is 11.4 Å². The third-order valence-corrected chi connectivity index (χ3v) is 4.01. The van der Waals surface area contributed by atoms with E-state index < -0.39 is 11.5 Å². The first-order chi connectivity index (χ1) is 10.5. The van der Waals surface area contributed by atoms with E-state index in [9.17, 15) is 5.11 Å². The lowest BCUT2D eigenvalue weighted by molar-refractivity contribution is 0.0677. The summed E-state index contributed by atoms with van der Waals surface area (Å²) in [5.41, 5.74) is 20.1. The second-order valence-corrected chi connectivity index (χ2v) is 5.58. The molecule has 0 amide bonds. The number of nitrogens with two attached hydrogens (primary N) is 3. The van der Waals surface area contributed by atoms with Crippen molar-refractivity contribution >= 4 is 11.4 Å². The van der Waals surface area contributed by atoms with Crippen molar-refractivity contribution in [2.45, 2.75) is 11.5 Å². The molecular weight excluding hydrogens is 274 g/mol. The zero-order valence-electron chi connectivity index (χ0n) is 12.1. The van der Waals surface area contributed by atoms with Gasteiger partial charge in [-0.25, -0.2) is 0 Å². The molecule has 4 nitrogen and oxygen atoms in total. The van der Waals surface area contributed by atoms with Gasteiger partial charge in [0.25, 0.3) is 0 Å². The summed E-state index contributed by atoms with van der Waals surface area (Å²) < 4.78 is 0. The largest absolute Gasteiger partial charge is 0.401 e. The molecule has 0 radical (unpaired) electrons. The molecule has 0 saturated carbocycles. The van der Waals surface area contributed by atoms with Crippen molar-refractivity contribution in [3.8, 4) is 0 Å². The summed E-state index contributed by atoms with van der Waals surface area (Å²) in [6.07, 6.45) is 5.31. The van der Waals surface area contributed by atoms with Gasteiger partial charge in [-0.3, -0.25) is 0 Å². The van der Waals surface area contributed by atoms with Gasteiger partial charge in [0.05, 0.1) is 5.92 Å². The summed E-state index contributed by atoms with van der Waals surface area (Å²) in [6, 6.07) is 14.6. The fourth-order valence-electron chi connectivity index (χ4n) is 2.99. The van der Waals surface area contributed by atoms with Crippen LogP contribution < -0.4 is 17.2 Å². The predicted molar refractivity (Wildman–Crippen MR) is 89.8 cm³/mol. The molecule has 22 heavy (non-hydrogen) atoms. The number of benzene rings is 2. The second kappa shape index (κ2) is 5.24. The first kappa shape index (κ1) is 14.2. The first-order valence-corrected chi connectivity index (χ1v) is 7.09. The van der Waals surface area contributed by atoms with Crippen molar-refractivity contribution in [3.05, 3.63) is 83.6 Å². The van der Waals surface area contributed by atoms with Crippen molar-refractivity contribution in [2.24, 2.45) is 5.73 Å². The average molecular weight is 293 g/mol. The number of nitrogen functional groups attached to an aromatic ring is 2. The highest BCUT2D eigenvalue weighted by Gasteiger charge is 2.40. The zero-order valence-corrected chi connectivity index (χ0v) is 12.1. The number of aliphatic hydroxyl groups is 1. The summed E-state index contributed by atoms with van der Waals surface area (Å²) >= 11 is 0. The fraction of sp³-hybridized carbons (Fsp3) is 0.111. The molecule has 4 heteroatoms. The lowest BCUT2D eigenvalue weighted by Gasteiger charge is -2.37. The topological polar surface area (TPSA) is 98.3 Å². The lowest BCUT2D eigenvalue weighted by atomic mass is 9.73. The molecule has 0 heterocycles. The molecular formula is C18H19N3O. The van der Waals surface area contributed by atoms with Crippen LogP contribution in [0.1, 0.15) is 17.0 Å². The van der Waals surface area contributed by atoms with Gasteiger partial charge in [-0.15, -0.1) is 0 Å². The number of hydrogen-bond donors (Lipinski definition) is 4. The second-order valence-electron chi connectivity index (χ2n) is 5.58. The van der Waals surface area contributed by atoms with Gasteiger partial charge in [0.2, 0.25) is 0 Å². The van der Waals surface area contributed by atoms with Crippen LogP contribution in [0, 0.1) is 0 Å². The van der Waals surface area contributed by atoms with Crippen LogP contribution in [0.2, 0.25) is 0 Å². The number of allylic oxidation sites excluding steroid dienone is 2. The Morgan fingerprint density at radius 3 is 2.27 bits per heavy atom. The smallest absolute Gasteiger partial charge is 0.120 e. The third kappa shape index (κ3) is 2.34. The molecule has 0 fully saturated rings. The Balaban J connectivity index is 2.16. The molecule has 3 rings (SSSR count). The van der Waals surface area contributed by atoms with Crippen LogP contribution in [-0.2, 0) is 5.60 Å². The van der Waals surface area contributed by atoms with Crippen LogP contribution in [-0.4, -0.2) is 5.11 Å². The molecule has 2 aromatic carbocycles. The Morgan fingerprint density at radius 1 is 0.909 bits per heavy atom. The SMILES string of the molecule is NC1=CC=CC(O)(c2cccc(N)c2)C1c1cccc(N)c1. The van der Waals surface area contributed by atoms with Gasteiger partial charge < -0.3 is 22.3 Å². The van der Waals surface area contributed by atoms with Gasteiger partial charge in [0, 0.05) is 17.1 Å². The minimum atomic E-state index is -1.26. The third-order valence-electron chi connectivity index (χ3n) is 4.01. The molecule has 2 atom stereocenters. The monoisotopic (exact) mass is 293 g/mol. The number of hydrogen-bond acceptors (Lipinski definition) is 4. The first-order valence-electron chi connectivity index (χ1n) is 7.09. The summed E-state index contributed by atoms with van der Waals surface area (Å²) in [5.74, 6) is -0.414. The fourth-order valence-corrected chi connectivity index (χ4v) is 2.99. The molecule has 0 aliphatic heterocycles. The molecule has 0 bridgehead atoms. The van der Waals surface area contributed by atoms with Crippen LogP contribution in [0.5, 0.6) is 0 Å². The van der Waals surface area contributed by atoms with Gasteiger partial charge in [-0.2, -0.15) is 0 Å². The summed E-state index contributed by atoms with van der Waals surface area (Å²) in [6.45, 7) is 0. The molecule has 0 saturated heterocycles. The van der Waals surface area contributed by atoms with Crippen molar-refractivity contribution in [1.29, 1.82) is 0 Å². The van der Waals surface area contributed by atoms with E-state index in [1.54, 1.807) is 30.4 Å². The molecule has 2 aromatic rings. The molecule has 1 aliphatic rings. The maximum Gasteiger partial charge on any atom is 0.120 e. The zero-order chi connectivity index (χ0) is 15.7. The standard InChI is InChI=1S/C18H19N3O/c19-14-6-1-4-12(10-14)17-16(21)8-3-9-18(17,22)13-5-2-7-15(20)11-13/h1-11,17,22H,19-21H2. The maximum absolute atomic E-state index is 11.3. The van der Waals surface area contributed by atoms with E-state index in [2.05, 4.69) is 0 Å². The minimum Gasteiger partial charge on any atom is -0.401 e. The van der Waals surface area contributed by atoms with E-state index in [4.69, 9.17) is 17.2 Å². The summed E-state index contributed by atoms with van der Waals surface area (Å²) in [4.78, 5) is 0. The normalized spacial score (nSPS) is 24.0. The van der Waals surface area contributed by atoms with Gasteiger partial charge in [-0.05, 0) is 47.5 Å². The van der Waals surface area contributed by atoms with Gasteiger partial charge in [0.1, 0.15) is 5.60 Å². The van der Waals surface area contributed by atoms with Crippen molar-refractivity contribution in [2.75, 3.05) is 11.5 Å². The number of rotatable bonds is 2. The van der Waals surface area contributed by atoms with Crippen LogP contribution in [0.15, 0.2) is 72.5 Å². The van der Waals surface area contributed by atoms with Crippen molar-refractivity contribution in [1.82, 2.24) is 0 Å². The van der Waals surface area contributed by atoms with E-state index >= 15 is 0 Å². The van der Waals surface area contributed by atoms with E-state index in [1.165, 1.54) is 0 Å². The van der Waals surface area contributed by atoms with Crippen molar-refractivity contribution in [3.63, 3.8) is 0 Å². The molecule has 7 N–H and O–H groups in total. The highest BCUT2D eigenvalue weighted by Crippen LogP contribution is 2.44. The van der Waals surface area contributed by atoms with E-state index in [0.717, 1.165) is 5.56 Å². The van der Waals surface area contributed by atoms with Crippen LogP contribution in [0.25, 0.3) is 0 Å². The van der Waals surface area contributed by atoms with Gasteiger partial charge in [0.15, 0.2) is 0 Å². The average Bonchev–Trinajstić information content (AvgIpc) is 2.47. The van der Waals surface area contributed by atoms with Crippen LogP contribution >= 0.6 is 0 Å². The Morgan fingerprint density at radius 2 is 1.59 bits per heavy atom. The van der Waals surface area contributed by atoms with Crippen LogP contribution in [0.3, 0.4) is 0 Å². The summed E-state index contributed by atoms with van der Waals surface area (Å²) in [5, 5.41) is 11.3. The Hall–Kier alpha value is -2.72. The molecule has 0 spiro atoms. The molecule has 112 valence electrons. The molecule has 1 aliphatic carbocycles. The maximum atomic E-state index is 11.3. The highest BCUT2D eigenvalue weighted by atomic mass is 16.3. The van der Waals surface area contributed by atoms with E-state index in [1.807, 2.05) is 36.4 Å². The highest BCUT2D eigenvalue weighted by molar-refractivity contribution is 5.52. The lowest BCUT2D eigenvalue weighted by Crippen LogP contribution is -2.36. The van der Waals surface area contributed by atoms with Gasteiger partial charge >= 0.3 is 0 Å².